The van der Waals surface area contributed by atoms with E-state index in [1.54, 1.807) is 6.08 Å². The summed E-state index contributed by atoms with van der Waals surface area (Å²) in [6.07, 6.45) is 5.71. The van der Waals surface area contributed by atoms with Crippen molar-refractivity contribution in [1.29, 1.82) is 0 Å². The highest BCUT2D eigenvalue weighted by atomic mass is 35.5. The van der Waals surface area contributed by atoms with Crippen LogP contribution in [0.15, 0.2) is 24.8 Å². The van der Waals surface area contributed by atoms with Crippen molar-refractivity contribution in [3.63, 3.8) is 0 Å². The highest BCUT2D eigenvalue weighted by Gasteiger charge is 2.17. The van der Waals surface area contributed by atoms with Crippen molar-refractivity contribution in [2.75, 3.05) is 6.61 Å². The number of halogens is 1. The van der Waals surface area contributed by atoms with Crippen LogP contribution < -0.4 is 4.74 Å². The molecule has 15 heavy (non-hydrogen) atoms. The van der Waals surface area contributed by atoms with Gasteiger partial charge in [0.1, 0.15) is 5.75 Å². The van der Waals surface area contributed by atoms with Crippen LogP contribution in [0, 0.1) is 5.92 Å². The maximum Gasteiger partial charge on any atom is 0.120 e. The molecule has 0 N–H and O–H groups in total. The molecule has 0 amide bonds. The lowest BCUT2D eigenvalue weighted by Gasteiger charge is -2.25. The first kappa shape index (κ1) is 10.6. The molecule has 0 heterocycles. The van der Waals surface area contributed by atoms with Gasteiger partial charge in [0, 0.05) is 0 Å². The van der Waals surface area contributed by atoms with Crippen molar-refractivity contribution < 1.29 is 4.74 Å². The van der Waals surface area contributed by atoms with E-state index in [0.29, 0.717) is 5.02 Å². The molecule has 0 bridgehead atoms. The van der Waals surface area contributed by atoms with Crippen molar-refractivity contribution >= 4 is 17.7 Å². The highest BCUT2D eigenvalue weighted by Crippen LogP contribution is 2.28. The van der Waals surface area contributed by atoms with Gasteiger partial charge in [0.15, 0.2) is 0 Å². The van der Waals surface area contributed by atoms with Gasteiger partial charge in [0.05, 0.1) is 11.6 Å². The number of hydrogen-bond donors (Lipinski definition) is 0. The molecule has 1 aliphatic carbocycles. The van der Waals surface area contributed by atoms with Crippen molar-refractivity contribution in [3.05, 3.63) is 35.4 Å². The van der Waals surface area contributed by atoms with Gasteiger partial charge in [0.25, 0.3) is 0 Å². The quantitative estimate of drug-likeness (QED) is 0.743. The normalized spacial score (nSPS) is 15.8. The molecule has 1 nitrogen and oxygen atoms in total. The third kappa shape index (κ3) is 2.54. The second-order valence-corrected chi connectivity index (χ2v) is 4.40. The van der Waals surface area contributed by atoms with E-state index in [4.69, 9.17) is 16.3 Å². The molecule has 0 unspecified atom stereocenters. The monoisotopic (exact) mass is 222 g/mol. The third-order valence-corrected chi connectivity index (χ3v) is 3.23. The van der Waals surface area contributed by atoms with Crippen molar-refractivity contribution in [2.24, 2.45) is 5.92 Å². The molecule has 1 aromatic rings. The SMILES string of the molecule is C=Cc1ccc(OCC2CCC2)cc1Cl. The van der Waals surface area contributed by atoms with E-state index in [1.165, 1.54) is 19.3 Å². The number of benzene rings is 1. The van der Waals surface area contributed by atoms with Crippen molar-refractivity contribution in [1.82, 2.24) is 0 Å². The van der Waals surface area contributed by atoms with Crippen LogP contribution in [0.4, 0.5) is 0 Å². The summed E-state index contributed by atoms with van der Waals surface area (Å²) >= 11 is 6.04. The minimum atomic E-state index is 0.705. The van der Waals surface area contributed by atoms with E-state index in [-0.39, 0.29) is 0 Å². The Morgan fingerprint density at radius 1 is 1.47 bits per heavy atom. The second kappa shape index (κ2) is 4.71. The van der Waals surface area contributed by atoms with Gasteiger partial charge < -0.3 is 4.74 Å². The molecule has 0 aliphatic heterocycles. The molecule has 2 heteroatoms. The average molecular weight is 223 g/mol. The summed E-state index contributed by atoms with van der Waals surface area (Å²) in [4.78, 5) is 0. The Balaban J connectivity index is 1.96. The lowest BCUT2D eigenvalue weighted by Crippen LogP contribution is -2.19. The molecule has 0 aromatic heterocycles. The van der Waals surface area contributed by atoms with E-state index in [9.17, 15) is 0 Å². The van der Waals surface area contributed by atoms with Gasteiger partial charge in [-0.15, -0.1) is 0 Å². The Labute approximate surface area is 95.7 Å². The zero-order valence-corrected chi connectivity index (χ0v) is 9.46. The summed E-state index contributed by atoms with van der Waals surface area (Å²) in [6.45, 7) is 4.52. The summed E-state index contributed by atoms with van der Waals surface area (Å²) < 4.78 is 5.67. The Kier molecular flexibility index (Phi) is 3.32. The largest absolute Gasteiger partial charge is 0.493 e. The molecule has 1 saturated carbocycles. The van der Waals surface area contributed by atoms with Crippen LogP contribution in [0.5, 0.6) is 5.75 Å². The smallest absolute Gasteiger partial charge is 0.120 e. The summed E-state index contributed by atoms with van der Waals surface area (Å²) in [7, 11) is 0. The van der Waals surface area contributed by atoms with Gasteiger partial charge in [-0.25, -0.2) is 0 Å². The van der Waals surface area contributed by atoms with Gasteiger partial charge in [-0.05, 0) is 42.5 Å². The average Bonchev–Trinajstić information content (AvgIpc) is 2.16. The predicted octanol–water partition coefficient (Wildman–Crippen LogP) is 4.16. The standard InChI is InChI=1S/C13H15ClO/c1-2-11-6-7-12(8-13(11)14)15-9-10-4-3-5-10/h2,6-8,10H,1,3-5,9H2. The van der Waals surface area contributed by atoms with Gasteiger partial charge in [-0.3, -0.25) is 0 Å². The van der Waals surface area contributed by atoms with Crippen molar-refractivity contribution in [2.45, 2.75) is 19.3 Å². The molecule has 80 valence electrons. The Morgan fingerprint density at radius 3 is 2.80 bits per heavy atom. The zero-order valence-electron chi connectivity index (χ0n) is 8.71. The van der Waals surface area contributed by atoms with Crippen LogP contribution in [-0.2, 0) is 0 Å². The fraction of sp³-hybridized carbons (Fsp3) is 0.385. The van der Waals surface area contributed by atoms with E-state index >= 15 is 0 Å². The lowest BCUT2D eigenvalue weighted by molar-refractivity contribution is 0.180. The van der Waals surface area contributed by atoms with Gasteiger partial charge >= 0.3 is 0 Å². The van der Waals surface area contributed by atoms with Gasteiger partial charge in [-0.1, -0.05) is 30.7 Å². The Morgan fingerprint density at radius 2 is 2.27 bits per heavy atom. The fourth-order valence-electron chi connectivity index (χ4n) is 1.64. The second-order valence-electron chi connectivity index (χ2n) is 4.00. The lowest BCUT2D eigenvalue weighted by atomic mass is 9.86. The molecule has 1 aliphatic rings. The topological polar surface area (TPSA) is 9.23 Å². The van der Waals surface area contributed by atoms with Crippen LogP contribution in [0.3, 0.4) is 0 Å². The van der Waals surface area contributed by atoms with E-state index in [2.05, 4.69) is 6.58 Å². The predicted molar refractivity (Wildman–Crippen MR) is 64.4 cm³/mol. The first-order chi connectivity index (χ1) is 7.29. The summed E-state index contributed by atoms with van der Waals surface area (Å²) in [5, 5.41) is 0.705. The van der Waals surface area contributed by atoms with Crippen LogP contribution in [0.25, 0.3) is 6.08 Å². The molecular formula is C13H15ClO. The fourth-order valence-corrected chi connectivity index (χ4v) is 1.88. The third-order valence-electron chi connectivity index (χ3n) is 2.90. The van der Waals surface area contributed by atoms with Crippen LogP contribution >= 0.6 is 11.6 Å². The molecule has 1 aromatic carbocycles. The number of hydrogen-bond acceptors (Lipinski definition) is 1. The maximum absolute atomic E-state index is 6.04. The molecule has 2 rings (SSSR count). The Hall–Kier alpha value is -0.950. The maximum atomic E-state index is 6.04. The highest BCUT2D eigenvalue weighted by molar-refractivity contribution is 6.32. The van der Waals surface area contributed by atoms with Gasteiger partial charge in [0.2, 0.25) is 0 Å². The van der Waals surface area contributed by atoms with Crippen LogP contribution in [0.1, 0.15) is 24.8 Å². The van der Waals surface area contributed by atoms with E-state index in [0.717, 1.165) is 23.8 Å². The first-order valence-corrected chi connectivity index (χ1v) is 5.72. The molecule has 0 atom stereocenters. The summed E-state index contributed by atoms with van der Waals surface area (Å²) in [5.41, 5.74) is 0.952. The van der Waals surface area contributed by atoms with Crippen LogP contribution in [-0.4, -0.2) is 6.61 Å². The summed E-state index contributed by atoms with van der Waals surface area (Å²) in [5.74, 6) is 1.61. The molecule has 1 fully saturated rings. The molecule has 0 saturated heterocycles. The first-order valence-electron chi connectivity index (χ1n) is 5.34. The Bertz CT molecular complexity index is 356. The molecule has 0 radical (unpaired) electrons. The minimum Gasteiger partial charge on any atom is -0.493 e. The van der Waals surface area contributed by atoms with E-state index in [1.807, 2.05) is 18.2 Å². The summed E-state index contributed by atoms with van der Waals surface area (Å²) in [6, 6.07) is 5.74. The van der Waals surface area contributed by atoms with E-state index < -0.39 is 0 Å². The number of ether oxygens (including phenoxy) is 1. The minimum absolute atomic E-state index is 0.705. The zero-order chi connectivity index (χ0) is 10.7. The molecular weight excluding hydrogens is 208 g/mol. The number of rotatable bonds is 4. The van der Waals surface area contributed by atoms with Crippen LogP contribution in [0.2, 0.25) is 5.02 Å². The van der Waals surface area contributed by atoms with Crippen molar-refractivity contribution in [3.8, 4) is 5.75 Å². The van der Waals surface area contributed by atoms with Gasteiger partial charge in [-0.2, -0.15) is 0 Å². The molecule has 0 spiro atoms.